The van der Waals surface area contributed by atoms with Crippen molar-refractivity contribution < 1.29 is 9.53 Å². The third-order valence-corrected chi connectivity index (χ3v) is 10.7. The van der Waals surface area contributed by atoms with E-state index in [1.165, 1.54) is 103 Å². The Kier molecular flexibility index (Phi) is 10.5. The van der Waals surface area contributed by atoms with Crippen molar-refractivity contribution in [3.63, 3.8) is 0 Å². The zero-order valence-corrected chi connectivity index (χ0v) is 24.4. The number of ether oxygens (including phenoxy) is 1. The highest BCUT2D eigenvalue weighted by Gasteiger charge is 2.64. The van der Waals surface area contributed by atoms with Crippen LogP contribution in [-0.4, -0.2) is 17.0 Å². The molecular formula is C33H58O2. The summed E-state index contributed by atoms with van der Waals surface area (Å²) in [7, 11) is 0. The molecule has 35 heavy (non-hydrogen) atoms. The van der Waals surface area contributed by atoms with Crippen LogP contribution in [0.15, 0.2) is 11.1 Å². The van der Waals surface area contributed by atoms with Gasteiger partial charge in [-0.25, -0.2) is 0 Å². The number of hydrogen-bond donors (Lipinski definition) is 0. The molecule has 0 N–H and O–H groups in total. The van der Waals surface area contributed by atoms with Gasteiger partial charge >= 0.3 is 0 Å². The Balaban J connectivity index is 1.25. The van der Waals surface area contributed by atoms with Crippen LogP contribution in [0.25, 0.3) is 0 Å². The van der Waals surface area contributed by atoms with Crippen LogP contribution in [0, 0.1) is 17.3 Å². The van der Waals surface area contributed by atoms with Crippen LogP contribution >= 0.6 is 0 Å². The summed E-state index contributed by atoms with van der Waals surface area (Å²) < 4.78 is 6.97. The summed E-state index contributed by atoms with van der Waals surface area (Å²) in [5, 5.41) is 0. The van der Waals surface area contributed by atoms with Gasteiger partial charge in [0.2, 0.25) is 0 Å². The van der Waals surface area contributed by atoms with E-state index in [9.17, 15) is 4.79 Å². The summed E-state index contributed by atoms with van der Waals surface area (Å²) in [6.45, 7) is 13.8. The Morgan fingerprint density at radius 1 is 0.914 bits per heavy atom. The smallest absolute Gasteiger partial charge is 0.135 e. The van der Waals surface area contributed by atoms with E-state index in [1.807, 2.05) is 0 Å². The topological polar surface area (TPSA) is 26.3 Å². The summed E-state index contributed by atoms with van der Waals surface area (Å²) >= 11 is 0. The minimum Gasteiger partial charge on any atom is -0.364 e. The Hall–Kier alpha value is -0.630. The summed E-state index contributed by atoms with van der Waals surface area (Å²) in [5.41, 5.74) is 3.82. The molecule has 1 spiro atoms. The van der Waals surface area contributed by atoms with Gasteiger partial charge in [-0.3, -0.25) is 4.79 Å². The predicted octanol–water partition coefficient (Wildman–Crippen LogP) is 10.1. The normalized spacial score (nSPS) is 30.4. The van der Waals surface area contributed by atoms with E-state index in [-0.39, 0.29) is 17.1 Å². The van der Waals surface area contributed by atoms with Gasteiger partial charge in [0.1, 0.15) is 5.78 Å². The fraction of sp³-hybridized carbons (Fsp3) is 0.909. The second kappa shape index (κ2) is 12.7. The highest BCUT2D eigenvalue weighted by molar-refractivity contribution is 5.80. The molecule has 1 aliphatic heterocycles. The van der Waals surface area contributed by atoms with E-state index >= 15 is 0 Å². The summed E-state index contributed by atoms with van der Waals surface area (Å²) in [4.78, 5) is 11.9. The summed E-state index contributed by atoms with van der Waals surface area (Å²) in [6.07, 6.45) is 24.4. The van der Waals surface area contributed by atoms with Crippen molar-refractivity contribution in [1.29, 1.82) is 0 Å². The molecule has 2 bridgehead atoms. The Labute approximate surface area is 218 Å². The first-order valence-corrected chi connectivity index (χ1v) is 15.6. The third-order valence-electron chi connectivity index (χ3n) is 10.7. The number of Topliss-reactive ketones (excluding diaryl/α,β-unsaturated/α-hetero) is 1. The largest absolute Gasteiger partial charge is 0.364 e. The van der Waals surface area contributed by atoms with Crippen LogP contribution in [0.3, 0.4) is 0 Å². The number of carbonyl (C=O) groups excluding carboxylic acids is 1. The van der Waals surface area contributed by atoms with Crippen LogP contribution in [0.1, 0.15) is 164 Å². The van der Waals surface area contributed by atoms with Gasteiger partial charge in [-0.05, 0) is 90.0 Å². The first kappa shape index (κ1) is 28.9. The lowest BCUT2D eigenvalue weighted by molar-refractivity contribution is -0.132. The minimum absolute atomic E-state index is 0.0382. The fourth-order valence-corrected chi connectivity index (χ4v) is 7.61. The average molecular weight is 487 g/mol. The minimum atomic E-state index is 0.0382. The molecule has 2 nitrogen and oxygen atoms in total. The van der Waals surface area contributed by atoms with Crippen LogP contribution < -0.4 is 0 Å². The van der Waals surface area contributed by atoms with Crippen molar-refractivity contribution >= 4 is 5.78 Å². The predicted molar refractivity (Wildman–Crippen MR) is 150 cm³/mol. The third kappa shape index (κ3) is 6.82. The van der Waals surface area contributed by atoms with E-state index in [4.69, 9.17) is 4.74 Å². The first-order chi connectivity index (χ1) is 16.7. The van der Waals surface area contributed by atoms with E-state index in [0.717, 1.165) is 25.2 Å². The number of fused-ring (bicyclic) bond motifs is 1. The standard InChI is InChI=1S/C33H58O2/c1-7-26(2)30(34)20-18-16-14-12-10-8-9-11-13-15-17-19-28-21-23-32(6)24-22-29-25-33(32,27(28)3)35-31(29,4)5/h26,29H,7-25H2,1-6H3/t26?,29-,32+,33+/m1/s1. The van der Waals surface area contributed by atoms with Gasteiger partial charge in [-0.15, -0.1) is 0 Å². The van der Waals surface area contributed by atoms with Crippen LogP contribution in [0.2, 0.25) is 0 Å². The summed E-state index contributed by atoms with van der Waals surface area (Å²) in [5.74, 6) is 1.48. The maximum Gasteiger partial charge on any atom is 0.135 e. The average Bonchev–Trinajstić information content (AvgIpc) is 3.07. The highest BCUT2D eigenvalue weighted by Crippen LogP contribution is 2.65. The number of unbranched alkanes of at least 4 members (excludes halogenated alkanes) is 10. The zero-order chi connectivity index (χ0) is 25.5. The lowest BCUT2D eigenvalue weighted by atomic mass is 9.54. The molecule has 0 aromatic rings. The Morgan fingerprint density at radius 3 is 2.09 bits per heavy atom. The molecule has 0 radical (unpaired) electrons. The molecule has 2 heteroatoms. The zero-order valence-electron chi connectivity index (χ0n) is 24.4. The Bertz CT molecular complexity index is 719. The second-order valence-electron chi connectivity index (χ2n) is 13.4. The molecule has 1 unspecified atom stereocenters. The van der Waals surface area contributed by atoms with Crippen LogP contribution in [-0.2, 0) is 9.53 Å². The number of carbonyl (C=O) groups is 1. The SMILES string of the molecule is CCC(C)C(=O)CCCCCCCCCCCCCC1=C(C)[C@@]23C[C@@H](CC[C@]2(C)CC1)C(C)(C)O3. The Morgan fingerprint density at radius 2 is 1.49 bits per heavy atom. The number of allylic oxidation sites excluding steroid dienone is 1. The molecule has 202 valence electrons. The van der Waals surface area contributed by atoms with Crippen molar-refractivity contribution in [3.8, 4) is 0 Å². The lowest BCUT2D eigenvalue weighted by Crippen LogP contribution is -2.51. The monoisotopic (exact) mass is 486 g/mol. The molecule has 0 aromatic carbocycles. The molecule has 2 aliphatic carbocycles. The van der Waals surface area contributed by atoms with Gasteiger partial charge in [-0.2, -0.15) is 0 Å². The molecule has 2 fully saturated rings. The molecule has 1 saturated heterocycles. The molecule has 0 amide bonds. The molecule has 3 rings (SSSR count). The van der Waals surface area contributed by atoms with Crippen LogP contribution in [0.5, 0.6) is 0 Å². The lowest BCUT2D eigenvalue weighted by Gasteiger charge is -2.53. The molecule has 4 atom stereocenters. The molecular weight excluding hydrogens is 428 g/mol. The van der Waals surface area contributed by atoms with Gasteiger partial charge in [0.05, 0.1) is 11.2 Å². The van der Waals surface area contributed by atoms with Crippen molar-refractivity contribution in [3.05, 3.63) is 11.1 Å². The number of ketones is 1. The van der Waals surface area contributed by atoms with Gasteiger partial charge in [0.25, 0.3) is 0 Å². The molecule has 1 heterocycles. The second-order valence-corrected chi connectivity index (χ2v) is 13.4. The van der Waals surface area contributed by atoms with Gasteiger partial charge in [0, 0.05) is 17.8 Å². The molecule has 3 aliphatic rings. The van der Waals surface area contributed by atoms with Gasteiger partial charge < -0.3 is 4.74 Å². The molecule has 0 aromatic heterocycles. The van der Waals surface area contributed by atoms with Crippen molar-refractivity contribution in [2.75, 3.05) is 0 Å². The fourth-order valence-electron chi connectivity index (χ4n) is 7.61. The van der Waals surface area contributed by atoms with Crippen LogP contribution in [0.4, 0.5) is 0 Å². The van der Waals surface area contributed by atoms with E-state index < -0.39 is 0 Å². The van der Waals surface area contributed by atoms with E-state index in [0.29, 0.717) is 11.2 Å². The maximum atomic E-state index is 11.9. The van der Waals surface area contributed by atoms with Gasteiger partial charge in [0.15, 0.2) is 0 Å². The molecule has 1 saturated carbocycles. The summed E-state index contributed by atoms with van der Waals surface area (Å²) in [6, 6.07) is 0. The van der Waals surface area contributed by atoms with E-state index in [1.54, 1.807) is 11.1 Å². The maximum absolute atomic E-state index is 11.9. The number of rotatable bonds is 16. The van der Waals surface area contributed by atoms with Gasteiger partial charge in [-0.1, -0.05) is 84.1 Å². The quantitative estimate of drug-likeness (QED) is 0.160. The number of hydrogen-bond acceptors (Lipinski definition) is 2. The van der Waals surface area contributed by atoms with Crippen molar-refractivity contribution in [2.24, 2.45) is 17.3 Å². The highest BCUT2D eigenvalue weighted by atomic mass is 16.5. The van der Waals surface area contributed by atoms with E-state index in [2.05, 4.69) is 41.5 Å². The van der Waals surface area contributed by atoms with Crippen molar-refractivity contribution in [2.45, 2.75) is 175 Å². The van der Waals surface area contributed by atoms with Crippen molar-refractivity contribution in [1.82, 2.24) is 0 Å². The first-order valence-electron chi connectivity index (χ1n) is 15.6.